The number of nitrogens with zero attached hydrogens (tertiary/aromatic N) is 1. The fraction of sp³-hybridized carbons (Fsp3) is 0.909. The van der Waals surface area contributed by atoms with E-state index in [9.17, 15) is 4.79 Å². The second-order valence-electron chi connectivity index (χ2n) is 3.68. The Labute approximate surface area is 103 Å². The number of ether oxygens (including phenoxy) is 3. The molecule has 6 nitrogen and oxygen atoms in total. The minimum absolute atomic E-state index is 0.0629. The van der Waals surface area contributed by atoms with Crippen LogP contribution in [0.3, 0.4) is 0 Å². The molecule has 0 radical (unpaired) electrons. The van der Waals surface area contributed by atoms with Gasteiger partial charge in [0.25, 0.3) is 0 Å². The van der Waals surface area contributed by atoms with E-state index in [-0.39, 0.29) is 5.91 Å². The van der Waals surface area contributed by atoms with Gasteiger partial charge in [-0.25, -0.2) is 0 Å². The highest BCUT2D eigenvalue weighted by Gasteiger charge is 2.01. The SMILES string of the molecule is COCCOCCOCCNCC(=O)N(C)C. The van der Waals surface area contributed by atoms with Gasteiger partial charge in [-0.2, -0.15) is 0 Å². The molecular formula is C11H24N2O4. The van der Waals surface area contributed by atoms with Crippen LogP contribution in [-0.2, 0) is 19.0 Å². The van der Waals surface area contributed by atoms with E-state index in [1.807, 2.05) is 0 Å². The van der Waals surface area contributed by atoms with Crippen LogP contribution in [0.4, 0.5) is 0 Å². The summed E-state index contributed by atoms with van der Waals surface area (Å²) in [6.07, 6.45) is 0. The molecule has 0 aliphatic rings. The maximum absolute atomic E-state index is 11.2. The summed E-state index contributed by atoms with van der Waals surface area (Å²) < 4.78 is 15.4. The van der Waals surface area contributed by atoms with E-state index in [0.29, 0.717) is 46.1 Å². The van der Waals surface area contributed by atoms with Crippen molar-refractivity contribution in [2.45, 2.75) is 0 Å². The first-order valence-corrected chi connectivity index (χ1v) is 5.73. The number of hydrogen-bond donors (Lipinski definition) is 1. The average Bonchev–Trinajstić information content (AvgIpc) is 2.31. The van der Waals surface area contributed by atoms with Crippen LogP contribution in [0, 0.1) is 0 Å². The fourth-order valence-electron chi connectivity index (χ4n) is 0.962. The van der Waals surface area contributed by atoms with Crippen molar-refractivity contribution in [2.75, 3.05) is 67.3 Å². The number of amides is 1. The number of nitrogens with one attached hydrogen (secondary N) is 1. The normalized spacial score (nSPS) is 10.5. The summed E-state index contributed by atoms with van der Waals surface area (Å²) in [5, 5.41) is 3.00. The number of methoxy groups -OCH3 is 1. The first-order chi connectivity index (χ1) is 8.18. The van der Waals surface area contributed by atoms with Gasteiger partial charge >= 0.3 is 0 Å². The predicted octanol–water partition coefficient (Wildman–Crippen LogP) is -0.656. The van der Waals surface area contributed by atoms with Crippen molar-refractivity contribution < 1.29 is 19.0 Å². The van der Waals surface area contributed by atoms with Crippen molar-refractivity contribution in [1.29, 1.82) is 0 Å². The van der Waals surface area contributed by atoms with Crippen molar-refractivity contribution in [3.05, 3.63) is 0 Å². The third-order valence-electron chi connectivity index (χ3n) is 2.00. The van der Waals surface area contributed by atoms with E-state index in [0.717, 1.165) is 0 Å². The van der Waals surface area contributed by atoms with Crippen LogP contribution in [0.5, 0.6) is 0 Å². The van der Waals surface area contributed by atoms with E-state index in [1.165, 1.54) is 0 Å². The van der Waals surface area contributed by atoms with Gasteiger partial charge in [-0.15, -0.1) is 0 Å². The lowest BCUT2D eigenvalue weighted by atomic mass is 10.5. The lowest BCUT2D eigenvalue weighted by Gasteiger charge is -2.11. The van der Waals surface area contributed by atoms with Crippen molar-refractivity contribution in [3.8, 4) is 0 Å². The largest absolute Gasteiger partial charge is 0.382 e. The third-order valence-corrected chi connectivity index (χ3v) is 2.00. The summed E-state index contributed by atoms with van der Waals surface area (Å²) >= 11 is 0. The smallest absolute Gasteiger partial charge is 0.236 e. The Morgan fingerprint density at radius 3 is 2.24 bits per heavy atom. The molecule has 0 aromatic heterocycles. The van der Waals surface area contributed by atoms with Crippen molar-refractivity contribution in [3.63, 3.8) is 0 Å². The Kier molecular flexibility index (Phi) is 11.3. The molecule has 0 unspecified atom stereocenters. The summed E-state index contributed by atoms with van der Waals surface area (Å²) in [4.78, 5) is 12.7. The monoisotopic (exact) mass is 248 g/mol. The zero-order valence-corrected chi connectivity index (χ0v) is 11.0. The first-order valence-electron chi connectivity index (χ1n) is 5.73. The first kappa shape index (κ1) is 16.3. The van der Waals surface area contributed by atoms with Gasteiger partial charge in [0.15, 0.2) is 0 Å². The molecule has 0 bridgehead atoms. The summed E-state index contributed by atoms with van der Waals surface area (Å²) in [5.74, 6) is 0.0629. The predicted molar refractivity (Wildman–Crippen MR) is 65.1 cm³/mol. The molecule has 0 rings (SSSR count). The number of likely N-dealkylation sites (N-methyl/N-ethyl adjacent to an activating group) is 1. The molecule has 0 saturated heterocycles. The molecule has 0 fully saturated rings. The van der Waals surface area contributed by atoms with E-state index in [4.69, 9.17) is 14.2 Å². The number of carbonyl (C=O) groups is 1. The lowest BCUT2D eigenvalue weighted by Crippen LogP contribution is -2.34. The van der Waals surface area contributed by atoms with Crippen LogP contribution in [0.15, 0.2) is 0 Å². The highest BCUT2D eigenvalue weighted by Crippen LogP contribution is 1.80. The van der Waals surface area contributed by atoms with E-state index in [2.05, 4.69) is 5.32 Å². The molecule has 0 aliphatic heterocycles. The third kappa shape index (κ3) is 11.6. The molecule has 6 heteroatoms. The number of rotatable bonds is 11. The fourth-order valence-corrected chi connectivity index (χ4v) is 0.962. The maximum Gasteiger partial charge on any atom is 0.236 e. The van der Waals surface area contributed by atoms with Gasteiger partial charge in [0.2, 0.25) is 5.91 Å². The highest BCUT2D eigenvalue weighted by molar-refractivity contribution is 5.77. The molecule has 0 aromatic carbocycles. The number of carbonyl (C=O) groups excluding carboxylic acids is 1. The Balaban J connectivity index is 3.06. The van der Waals surface area contributed by atoms with Crippen molar-refractivity contribution in [2.24, 2.45) is 0 Å². The molecule has 17 heavy (non-hydrogen) atoms. The molecule has 0 saturated carbocycles. The Morgan fingerprint density at radius 1 is 1.06 bits per heavy atom. The minimum Gasteiger partial charge on any atom is -0.382 e. The van der Waals surface area contributed by atoms with Crippen molar-refractivity contribution in [1.82, 2.24) is 10.2 Å². The molecule has 0 atom stereocenters. The van der Waals surface area contributed by atoms with Gasteiger partial charge < -0.3 is 24.4 Å². The highest BCUT2D eigenvalue weighted by atomic mass is 16.5. The molecule has 0 spiro atoms. The molecule has 1 N–H and O–H groups in total. The summed E-state index contributed by atoms with van der Waals surface area (Å²) in [7, 11) is 5.11. The summed E-state index contributed by atoms with van der Waals surface area (Å²) in [5.41, 5.74) is 0. The van der Waals surface area contributed by atoms with Gasteiger partial charge in [-0.3, -0.25) is 4.79 Å². The zero-order valence-electron chi connectivity index (χ0n) is 11.0. The van der Waals surface area contributed by atoms with Crippen LogP contribution in [0.1, 0.15) is 0 Å². The Morgan fingerprint density at radius 2 is 1.65 bits per heavy atom. The van der Waals surface area contributed by atoms with E-state index < -0.39 is 0 Å². The van der Waals surface area contributed by atoms with Crippen LogP contribution >= 0.6 is 0 Å². The van der Waals surface area contributed by atoms with Crippen LogP contribution in [0.25, 0.3) is 0 Å². The van der Waals surface area contributed by atoms with Gasteiger partial charge in [-0.1, -0.05) is 0 Å². The number of hydrogen-bond acceptors (Lipinski definition) is 5. The van der Waals surface area contributed by atoms with E-state index >= 15 is 0 Å². The molecule has 102 valence electrons. The molecule has 0 aliphatic carbocycles. The Hall–Kier alpha value is -0.690. The van der Waals surface area contributed by atoms with Gasteiger partial charge in [0.1, 0.15) is 0 Å². The zero-order chi connectivity index (χ0) is 12.9. The molecule has 1 amide bonds. The van der Waals surface area contributed by atoms with Crippen molar-refractivity contribution >= 4 is 5.91 Å². The minimum atomic E-state index is 0.0629. The molecule has 0 heterocycles. The quantitative estimate of drug-likeness (QED) is 0.492. The van der Waals surface area contributed by atoms with E-state index in [1.54, 1.807) is 26.1 Å². The molecular weight excluding hydrogens is 224 g/mol. The maximum atomic E-state index is 11.2. The standard InChI is InChI=1S/C11H24N2O4/c1-13(2)11(14)10-12-4-5-16-8-9-17-7-6-15-3/h12H,4-10H2,1-3H3. The van der Waals surface area contributed by atoms with Crippen LogP contribution in [-0.4, -0.2) is 78.1 Å². The average molecular weight is 248 g/mol. The Bertz CT molecular complexity index is 188. The summed E-state index contributed by atoms with van der Waals surface area (Å²) in [6.45, 7) is 3.92. The molecule has 0 aromatic rings. The summed E-state index contributed by atoms with van der Waals surface area (Å²) in [6, 6.07) is 0. The van der Waals surface area contributed by atoms with Gasteiger partial charge in [0.05, 0.1) is 39.6 Å². The second kappa shape index (κ2) is 11.8. The topological polar surface area (TPSA) is 60.0 Å². The van der Waals surface area contributed by atoms with Gasteiger partial charge in [-0.05, 0) is 0 Å². The van der Waals surface area contributed by atoms with Crippen LogP contribution in [0.2, 0.25) is 0 Å². The lowest BCUT2D eigenvalue weighted by molar-refractivity contribution is -0.127. The van der Waals surface area contributed by atoms with Crippen LogP contribution < -0.4 is 5.32 Å². The second-order valence-corrected chi connectivity index (χ2v) is 3.68. The van der Waals surface area contributed by atoms with Gasteiger partial charge in [0, 0.05) is 27.7 Å².